The Labute approximate surface area is 120 Å². The van der Waals surface area contributed by atoms with Gasteiger partial charge in [-0.1, -0.05) is 6.07 Å². The van der Waals surface area contributed by atoms with Crippen LogP contribution in [0.25, 0.3) is 0 Å². The summed E-state index contributed by atoms with van der Waals surface area (Å²) in [5.41, 5.74) is 1.61. The molecule has 1 unspecified atom stereocenters. The van der Waals surface area contributed by atoms with Gasteiger partial charge in [0.15, 0.2) is 6.61 Å². The zero-order valence-corrected chi connectivity index (χ0v) is 11.6. The minimum atomic E-state index is -0.150. The summed E-state index contributed by atoms with van der Waals surface area (Å²) in [5, 5.41) is 8.76. The smallest absolute Gasteiger partial charge is 0.262 e. The molecule has 106 valence electrons. The van der Waals surface area contributed by atoms with Crippen LogP contribution in [0.5, 0.6) is 5.75 Å². The van der Waals surface area contributed by atoms with Crippen molar-refractivity contribution < 1.29 is 14.3 Å². The van der Waals surface area contributed by atoms with Gasteiger partial charge in [0, 0.05) is 18.2 Å². The molecule has 0 aromatic heterocycles. The van der Waals surface area contributed by atoms with Crippen molar-refractivity contribution in [2.45, 2.75) is 12.6 Å². The van der Waals surface area contributed by atoms with Crippen LogP contribution in [0.4, 0.5) is 5.69 Å². The number of hydrogen-bond donors (Lipinski definition) is 3. The monoisotopic (exact) mass is 293 g/mol. The molecule has 0 aliphatic carbocycles. The molecule has 3 rings (SSSR count). The van der Waals surface area contributed by atoms with Crippen LogP contribution in [0.2, 0.25) is 0 Å². The quantitative estimate of drug-likeness (QED) is 0.747. The van der Waals surface area contributed by atoms with Crippen molar-refractivity contribution in [2.75, 3.05) is 23.6 Å². The molecule has 20 heavy (non-hydrogen) atoms. The molecule has 2 heterocycles. The third-order valence-electron chi connectivity index (χ3n) is 3.18. The number of carbonyl (C=O) groups is 2. The van der Waals surface area contributed by atoms with Gasteiger partial charge in [-0.2, -0.15) is 0 Å². The lowest BCUT2D eigenvalue weighted by Gasteiger charge is -2.18. The molecule has 2 aliphatic rings. The summed E-state index contributed by atoms with van der Waals surface area (Å²) in [6, 6.07) is 5.39. The van der Waals surface area contributed by atoms with Gasteiger partial charge in [0.25, 0.3) is 5.91 Å². The molecule has 3 N–H and O–H groups in total. The third kappa shape index (κ3) is 2.88. The molecule has 1 atom stereocenters. The van der Waals surface area contributed by atoms with E-state index >= 15 is 0 Å². The van der Waals surface area contributed by atoms with Crippen molar-refractivity contribution in [3.8, 4) is 5.75 Å². The molecule has 2 aliphatic heterocycles. The van der Waals surface area contributed by atoms with Crippen LogP contribution in [-0.4, -0.2) is 36.1 Å². The Morgan fingerprint density at radius 2 is 2.40 bits per heavy atom. The topological polar surface area (TPSA) is 79.5 Å². The van der Waals surface area contributed by atoms with E-state index in [9.17, 15) is 9.59 Å². The highest BCUT2D eigenvalue weighted by Crippen LogP contribution is 2.28. The SMILES string of the molecule is O=C1COc2cc(CNC(=O)C3CSCN3)ccc2N1. The van der Waals surface area contributed by atoms with Gasteiger partial charge in [-0.3, -0.25) is 14.9 Å². The maximum absolute atomic E-state index is 11.9. The van der Waals surface area contributed by atoms with Crippen LogP contribution < -0.4 is 20.7 Å². The first kappa shape index (κ1) is 13.3. The number of anilines is 1. The van der Waals surface area contributed by atoms with E-state index in [1.54, 1.807) is 17.8 Å². The van der Waals surface area contributed by atoms with Crippen molar-refractivity contribution in [1.82, 2.24) is 10.6 Å². The Morgan fingerprint density at radius 3 is 3.20 bits per heavy atom. The molecule has 1 fully saturated rings. The zero-order chi connectivity index (χ0) is 13.9. The van der Waals surface area contributed by atoms with Crippen LogP contribution in [0.1, 0.15) is 5.56 Å². The molecular weight excluding hydrogens is 278 g/mol. The van der Waals surface area contributed by atoms with E-state index in [2.05, 4.69) is 16.0 Å². The third-order valence-corrected chi connectivity index (χ3v) is 4.12. The van der Waals surface area contributed by atoms with E-state index in [1.807, 2.05) is 12.1 Å². The van der Waals surface area contributed by atoms with Gasteiger partial charge in [0.1, 0.15) is 5.75 Å². The minimum Gasteiger partial charge on any atom is -0.482 e. The lowest BCUT2D eigenvalue weighted by atomic mass is 10.1. The Kier molecular flexibility index (Phi) is 3.79. The second-order valence-electron chi connectivity index (χ2n) is 4.66. The van der Waals surface area contributed by atoms with Crippen molar-refractivity contribution >= 4 is 29.3 Å². The Balaban J connectivity index is 1.60. The lowest BCUT2D eigenvalue weighted by Crippen LogP contribution is -2.41. The number of carbonyl (C=O) groups excluding carboxylic acids is 2. The lowest BCUT2D eigenvalue weighted by molar-refractivity contribution is -0.122. The number of hydrogen-bond acceptors (Lipinski definition) is 5. The van der Waals surface area contributed by atoms with Gasteiger partial charge in [-0.25, -0.2) is 0 Å². The number of rotatable bonds is 3. The average molecular weight is 293 g/mol. The van der Waals surface area contributed by atoms with E-state index in [1.165, 1.54) is 0 Å². The molecule has 6 nitrogen and oxygen atoms in total. The standard InChI is InChI=1S/C13H15N3O3S/c17-12-5-19-11-3-8(1-2-9(11)16-12)4-14-13(18)10-6-20-7-15-10/h1-3,10,15H,4-7H2,(H,14,18)(H,16,17). The maximum atomic E-state index is 11.9. The highest BCUT2D eigenvalue weighted by Gasteiger charge is 2.22. The molecule has 0 spiro atoms. The molecule has 0 saturated carbocycles. The van der Waals surface area contributed by atoms with Crippen molar-refractivity contribution in [3.63, 3.8) is 0 Å². The second kappa shape index (κ2) is 5.72. The molecule has 0 radical (unpaired) electrons. The summed E-state index contributed by atoms with van der Waals surface area (Å²) in [4.78, 5) is 23.0. The van der Waals surface area contributed by atoms with Crippen molar-refractivity contribution in [3.05, 3.63) is 23.8 Å². The van der Waals surface area contributed by atoms with E-state index in [4.69, 9.17) is 4.74 Å². The first-order valence-corrected chi connectivity index (χ1v) is 7.52. The van der Waals surface area contributed by atoms with E-state index in [0.717, 1.165) is 17.2 Å². The Bertz CT molecular complexity index is 544. The fraction of sp³-hybridized carbons (Fsp3) is 0.385. The van der Waals surface area contributed by atoms with E-state index in [-0.39, 0.29) is 24.5 Å². The highest BCUT2D eigenvalue weighted by atomic mass is 32.2. The van der Waals surface area contributed by atoms with Crippen molar-refractivity contribution in [2.24, 2.45) is 0 Å². The van der Waals surface area contributed by atoms with Gasteiger partial charge in [-0.05, 0) is 17.7 Å². The number of fused-ring (bicyclic) bond motifs is 1. The summed E-state index contributed by atoms with van der Waals surface area (Å²) in [6.45, 7) is 0.484. The van der Waals surface area contributed by atoms with E-state index in [0.29, 0.717) is 18.0 Å². The Morgan fingerprint density at radius 1 is 1.50 bits per heavy atom. The Hall–Kier alpha value is -1.73. The normalized spacial score (nSPS) is 20.8. The average Bonchev–Trinajstić information content (AvgIpc) is 2.99. The highest BCUT2D eigenvalue weighted by molar-refractivity contribution is 7.99. The number of thioether (sulfide) groups is 1. The number of amides is 2. The first-order valence-electron chi connectivity index (χ1n) is 6.37. The molecule has 1 saturated heterocycles. The van der Waals surface area contributed by atoms with Gasteiger partial charge < -0.3 is 15.4 Å². The zero-order valence-electron chi connectivity index (χ0n) is 10.8. The predicted molar refractivity (Wildman–Crippen MR) is 76.7 cm³/mol. The first-order chi connectivity index (χ1) is 9.72. The largest absolute Gasteiger partial charge is 0.482 e. The maximum Gasteiger partial charge on any atom is 0.262 e. The van der Waals surface area contributed by atoms with Crippen LogP contribution in [0, 0.1) is 0 Å². The predicted octanol–water partition coefficient (Wildman–Crippen LogP) is 0.296. The van der Waals surface area contributed by atoms with E-state index < -0.39 is 0 Å². The van der Waals surface area contributed by atoms with Gasteiger partial charge in [0.05, 0.1) is 11.7 Å². The van der Waals surface area contributed by atoms with Crippen LogP contribution in [0.15, 0.2) is 18.2 Å². The van der Waals surface area contributed by atoms with Crippen LogP contribution in [-0.2, 0) is 16.1 Å². The van der Waals surface area contributed by atoms with Gasteiger partial charge in [0.2, 0.25) is 5.91 Å². The van der Waals surface area contributed by atoms with Crippen LogP contribution in [0.3, 0.4) is 0 Å². The van der Waals surface area contributed by atoms with Gasteiger partial charge >= 0.3 is 0 Å². The number of benzene rings is 1. The fourth-order valence-electron chi connectivity index (χ4n) is 2.10. The molecule has 2 amide bonds. The summed E-state index contributed by atoms with van der Waals surface area (Å²) >= 11 is 1.72. The summed E-state index contributed by atoms with van der Waals surface area (Å²) in [7, 11) is 0. The fourth-order valence-corrected chi connectivity index (χ4v) is 3.05. The molecule has 7 heteroatoms. The van der Waals surface area contributed by atoms with Gasteiger partial charge in [-0.15, -0.1) is 11.8 Å². The number of nitrogens with one attached hydrogen (secondary N) is 3. The molecule has 1 aromatic rings. The second-order valence-corrected chi connectivity index (χ2v) is 5.69. The summed E-state index contributed by atoms with van der Waals surface area (Å²) in [6.07, 6.45) is 0. The molecule has 0 bridgehead atoms. The van der Waals surface area contributed by atoms with Crippen molar-refractivity contribution in [1.29, 1.82) is 0 Å². The number of ether oxygens (including phenoxy) is 1. The summed E-state index contributed by atoms with van der Waals surface area (Å²) in [5.74, 6) is 2.14. The molecular formula is C13H15N3O3S. The summed E-state index contributed by atoms with van der Waals surface area (Å²) < 4.78 is 5.34. The minimum absolute atomic E-state index is 0.0157. The molecule has 1 aromatic carbocycles. The van der Waals surface area contributed by atoms with Crippen LogP contribution >= 0.6 is 11.8 Å².